The van der Waals surface area contributed by atoms with Gasteiger partial charge in [-0.15, -0.1) is 0 Å². The Hall–Kier alpha value is -1.51. The van der Waals surface area contributed by atoms with Crippen LogP contribution in [-0.2, 0) is 23.7 Å². The number of aliphatic hydroxyl groups excluding tert-OH is 1. The van der Waals surface area contributed by atoms with Gasteiger partial charge in [-0.2, -0.15) is 0 Å². The van der Waals surface area contributed by atoms with Crippen molar-refractivity contribution >= 4 is 5.97 Å². The Kier molecular flexibility index (Phi) is 14.2. The summed E-state index contributed by atoms with van der Waals surface area (Å²) in [7, 11) is 0. The highest BCUT2D eigenvalue weighted by atomic mass is 16.7. The first-order valence-corrected chi connectivity index (χ1v) is 15.2. The number of hydrogen-bond donors (Lipinski definition) is 2. The van der Waals surface area contributed by atoms with Crippen LogP contribution in [0, 0.1) is 17.8 Å². The Morgan fingerprint density at radius 2 is 1.77 bits per heavy atom. The predicted octanol–water partition coefficient (Wildman–Crippen LogP) is 6.56. The standard InChI is InChI=1S/C32H52O7/c1-23(2)16-17-24(3)28(38-31-14-8-10-20-36-31)19-18-26-25(12-6-4-5-7-13-30(34)35)27(33)22-29(26)39-32-15-9-11-21-37-32/h4,6,16,18-19,24-29,31-33H,5,7-15,17,20-22H2,1-3H3,(H,34,35)/b6-4-,19-18+/t24?,25-,26-,27+,28-,29-,31?,32?/m1/s1. The van der Waals surface area contributed by atoms with Crippen molar-refractivity contribution < 1.29 is 34.0 Å². The summed E-state index contributed by atoms with van der Waals surface area (Å²) in [5.41, 5.74) is 1.30. The van der Waals surface area contributed by atoms with Gasteiger partial charge in [0.05, 0.1) is 18.3 Å². The SMILES string of the molecule is CC(C)=CCC(C)[C@@H](/C=C/[C@@H]1[C@@H](C/C=C\CCCC(=O)O)[C@@H](O)C[C@H]1OC1CCCCO1)OC1CCCCO1. The molecule has 0 spiro atoms. The second-order valence-electron chi connectivity index (χ2n) is 11.8. The first-order chi connectivity index (χ1) is 18.8. The zero-order valence-electron chi connectivity index (χ0n) is 24.3. The van der Waals surface area contributed by atoms with Crippen molar-refractivity contribution in [3.05, 3.63) is 36.0 Å². The van der Waals surface area contributed by atoms with Gasteiger partial charge in [-0.3, -0.25) is 4.79 Å². The number of unbranched alkanes of at least 4 members (excludes halogenated alkanes) is 1. The molecule has 0 bridgehead atoms. The average Bonchev–Trinajstić information content (AvgIpc) is 3.21. The van der Waals surface area contributed by atoms with E-state index in [9.17, 15) is 9.90 Å². The van der Waals surface area contributed by atoms with Gasteiger partial charge in [-0.25, -0.2) is 0 Å². The number of aliphatic hydroxyl groups is 1. The summed E-state index contributed by atoms with van der Waals surface area (Å²) < 4.78 is 24.8. The van der Waals surface area contributed by atoms with Crippen LogP contribution in [0.25, 0.3) is 0 Å². The summed E-state index contributed by atoms with van der Waals surface area (Å²) in [6, 6.07) is 0. The Morgan fingerprint density at radius 3 is 2.41 bits per heavy atom. The molecule has 2 aliphatic heterocycles. The predicted molar refractivity (Wildman–Crippen MR) is 152 cm³/mol. The van der Waals surface area contributed by atoms with E-state index in [4.69, 9.17) is 24.1 Å². The van der Waals surface area contributed by atoms with Crippen LogP contribution in [0.2, 0.25) is 0 Å². The molecule has 2 heterocycles. The summed E-state index contributed by atoms with van der Waals surface area (Å²) in [5.74, 6) is -0.436. The number of allylic oxidation sites excluding steroid dienone is 4. The van der Waals surface area contributed by atoms with Crippen molar-refractivity contribution in [1.29, 1.82) is 0 Å². The van der Waals surface area contributed by atoms with E-state index in [2.05, 4.69) is 45.1 Å². The van der Waals surface area contributed by atoms with E-state index < -0.39 is 12.1 Å². The van der Waals surface area contributed by atoms with Gasteiger partial charge >= 0.3 is 5.97 Å². The third kappa shape index (κ3) is 11.5. The van der Waals surface area contributed by atoms with Gasteiger partial charge in [0.1, 0.15) is 0 Å². The molecular weight excluding hydrogens is 496 g/mol. The van der Waals surface area contributed by atoms with E-state index in [-0.39, 0.29) is 49.0 Å². The molecule has 7 heteroatoms. The Morgan fingerprint density at radius 1 is 1.05 bits per heavy atom. The third-order valence-corrected chi connectivity index (χ3v) is 8.12. The van der Waals surface area contributed by atoms with Crippen molar-refractivity contribution in [3.63, 3.8) is 0 Å². The largest absolute Gasteiger partial charge is 0.481 e. The van der Waals surface area contributed by atoms with Crippen LogP contribution in [0.3, 0.4) is 0 Å². The number of carboxylic acid groups (broad SMARTS) is 1. The van der Waals surface area contributed by atoms with Crippen molar-refractivity contribution in [1.82, 2.24) is 0 Å². The smallest absolute Gasteiger partial charge is 0.303 e. The highest BCUT2D eigenvalue weighted by Crippen LogP contribution is 2.40. The molecule has 0 amide bonds. The topological polar surface area (TPSA) is 94.5 Å². The molecule has 1 saturated carbocycles. The Balaban J connectivity index is 1.73. The van der Waals surface area contributed by atoms with Gasteiger partial charge in [0, 0.05) is 32.0 Å². The van der Waals surface area contributed by atoms with E-state index >= 15 is 0 Å². The fraction of sp³-hybridized carbons (Fsp3) is 0.781. The minimum atomic E-state index is -0.765. The molecule has 3 unspecified atom stereocenters. The lowest BCUT2D eigenvalue weighted by Crippen LogP contribution is -2.32. The molecule has 3 rings (SSSR count). The molecule has 7 nitrogen and oxygen atoms in total. The Bertz CT molecular complexity index is 790. The molecule has 2 saturated heterocycles. The van der Waals surface area contributed by atoms with Crippen molar-refractivity contribution in [2.45, 2.75) is 129 Å². The number of rotatable bonds is 15. The van der Waals surface area contributed by atoms with Crippen molar-refractivity contribution in [2.75, 3.05) is 13.2 Å². The van der Waals surface area contributed by atoms with Gasteiger partial charge in [0.15, 0.2) is 12.6 Å². The quantitative estimate of drug-likeness (QED) is 0.177. The number of hydrogen-bond acceptors (Lipinski definition) is 6. The van der Waals surface area contributed by atoms with Crippen LogP contribution in [0.1, 0.15) is 97.8 Å². The monoisotopic (exact) mass is 548 g/mol. The second-order valence-corrected chi connectivity index (χ2v) is 11.8. The maximum absolute atomic E-state index is 11.1. The maximum atomic E-state index is 11.1. The molecular formula is C32H52O7. The lowest BCUT2D eigenvalue weighted by atomic mass is 9.88. The van der Waals surface area contributed by atoms with Gasteiger partial charge in [-0.05, 0) is 89.9 Å². The van der Waals surface area contributed by atoms with Gasteiger partial charge in [-0.1, -0.05) is 42.9 Å². The summed E-state index contributed by atoms with van der Waals surface area (Å²) in [5, 5.41) is 20.0. The van der Waals surface area contributed by atoms with E-state index in [1.165, 1.54) is 5.57 Å². The van der Waals surface area contributed by atoms with Crippen molar-refractivity contribution in [2.24, 2.45) is 17.8 Å². The molecule has 0 aromatic carbocycles. The minimum Gasteiger partial charge on any atom is -0.481 e. The summed E-state index contributed by atoms with van der Waals surface area (Å²) in [4.78, 5) is 10.8. The summed E-state index contributed by atoms with van der Waals surface area (Å²) in [6.07, 6.45) is 19.7. The van der Waals surface area contributed by atoms with E-state index in [1.807, 2.05) is 6.08 Å². The van der Waals surface area contributed by atoms with E-state index in [0.29, 0.717) is 12.8 Å². The number of carboxylic acids is 1. The van der Waals surface area contributed by atoms with Crippen LogP contribution in [0.5, 0.6) is 0 Å². The fourth-order valence-corrected chi connectivity index (χ4v) is 5.74. The molecule has 39 heavy (non-hydrogen) atoms. The molecule has 0 aromatic heterocycles. The lowest BCUT2D eigenvalue weighted by Gasteiger charge is -2.31. The zero-order chi connectivity index (χ0) is 28.0. The number of ether oxygens (including phenoxy) is 4. The fourth-order valence-electron chi connectivity index (χ4n) is 5.74. The summed E-state index contributed by atoms with van der Waals surface area (Å²) >= 11 is 0. The molecule has 8 atom stereocenters. The second kappa shape index (κ2) is 17.3. The van der Waals surface area contributed by atoms with Crippen LogP contribution >= 0.6 is 0 Å². The van der Waals surface area contributed by atoms with Crippen LogP contribution in [-0.4, -0.2) is 60.3 Å². The molecule has 1 aliphatic carbocycles. The molecule has 0 radical (unpaired) electrons. The number of carbonyl (C=O) groups is 1. The number of aliphatic carboxylic acids is 1. The van der Waals surface area contributed by atoms with Crippen molar-refractivity contribution in [3.8, 4) is 0 Å². The highest BCUT2D eigenvalue weighted by Gasteiger charge is 2.42. The molecule has 222 valence electrons. The van der Waals surface area contributed by atoms with Gasteiger partial charge in [0.2, 0.25) is 0 Å². The normalized spacial score (nSPS) is 31.5. The maximum Gasteiger partial charge on any atom is 0.303 e. The molecule has 2 N–H and O–H groups in total. The molecule has 3 aliphatic rings. The van der Waals surface area contributed by atoms with E-state index in [0.717, 1.165) is 71.0 Å². The first-order valence-electron chi connectivity index (χ1n) is 15.2. The summed E-state index contributed by atoms with van der Waals surface area (Å²) in [6.45, 7) is 7.94. The van der Waals surface area contributed by atoms with E-state index in [1.54, 1.807) is 0 Å². The van der Waals surface area contributed by atoms with Crippen LogP contribution in [0.4, 0.5) is 0 Å². The van der Waals surface area contributed by atoms with Gasteiger partial charge in [0.25, 0.3) is 0 Å². The zero-order valence-corrected chi connectivity index (χ0v) is 24.3. The van der Waals surface area contributed by atoms with Crippen LogP contribution in [0.15, 0.2) is 36.0 Å². The lowest BCUT2D eigenvalue weighted by molar-refractivity contribution is -0.193. The average molecular weight is 549 g/mol. The minimum absolute atomic E-state index is 0.0187. The van der Waals surface area contributed by atoms with Crippen LogP contribution < -0.4 is 0 Å². The Labute approximate surface area is 235 Å². The molecule has 3 fully saturated rings. The molecule has 0 aromatic rings. The van der Waals surface area contributed by atoms with Gasteiger partial charge < -0.3 is 29.2 Å². The first kappa shape index (κ1) is 32.0. The third-order valence-electron chi connectivity index (χ3n) is 8.12. The highest BCUT2D eigenvalue weighted by molar-refractivity contribution is 5.66.